The van der Waals surface area contributed by atoms with Crippen molar-refractivity contribution in [3.8, 4) is 0 Å². The Morgan fingerprint density at radius 3 is 3.00 bits per heavy atom. The van der Waals surface area contributed by atoms with Crippen molar-refractivity contribution < 1.29 is 14.1 Å². The lowest BCUT2D eigenvalue weighted by molar-refractivity contribution is 0.0967. The molecule has 0 aliphatic heterocycles. The number of thioether (sulfide) groups is 1. The van der Waals surface area contributed by atoms with Crippen LogP contribution >= 0.6 is 11.8 Å². The number of ketones is 2. The summed E-state index contributed by atoms with van der Waals surface area (Å²) in [4.78, 5) is 23.9. The number of unbranched alkanes of at least 4 members (excludes halogenated alkanes) is 1. The molecule has 0 fully saturated rings. The number of aromatic nitrogens is 1. The van der Waals surface area contributed by atoms with Gasteiger partial charge in [0.05, 0.1) is 16.7 Å². The van der Waals surface area contributed by atoms with Gasteiger partial charge in [-0.2, -0.15) is 0 Å². The number of Topliss-reactive ketones (excluding diaryl/α,β-unsaturated/α-hetero) is 1. The minimum Gasteiger partial charge on any atom is -0.352 e. The summed E-state index contributed by atoms with van der Waals surface area (Å²) < 4.78 is 4.74. The summed E-state index contributed by atoms with van der Waals surface area (Å²) in [6.07, 6.45) is 4.75. The van der Waals surface area contributed by atoms with E-state index >= 15 is 0 Å². The molecule has 0 N–H and O–H groups in total. The first-order valence-corrected chi connectivity index (χ1v) is 6.10. The molecule has 0 saturated heterocycles. The summed E-state index contributed by atoms with van der Waals surface area (Å²) in [6.45, 7) is 2.08. The first kappa shape index (κ1) is 11.1. The van der Waals surface area contributed by atoms with Crippen LogP contribution in [0.25, 0.3) is 0 Å². The van der Waals surface area contributed by atoms with Crippen molar-refractivity contribution in [3.63, 3.8) is 0 Å². The molecule has 0 saturated carbocycles. The lowest BCUT2D eigenvalue weighted by Gasteiger charge is -2.08. The Kier molecular flexibility index (Phi) is 3.24. The molecule has 16 heavy (non-hydrogen) atoms. The summed E-state index contributed by atoms with van der Waals surface area (Å²) in [5.41, 5.74) is 0.284. The highest BCUT2D eigenvalue weighted by atomic mass is 32.2. The van der Waals surface area contributed by atoms with E-state index in [2.05, 4.69) is 12.1 Å². The maximum Gasteiger partial charge on any atom is 0.225 e. The van der Waals surface area contributed by atoms with Gasteiger partial charge in [0.15, 0.2) is 0 Å². The van der Waals surface area contributed by atoms with E-state index in [9.17, 15) is 9.59 Å². The third-order valence-electron chi connectivity index (χ3n) is 2.28. The lowest BCUT2D eigenvalue weighted by atomic mass is 10.0. The van der Waals surface area contributed by atoms with E-state index in [1.807, 2.05) is 0 Å². The van der Waals surface area contributed by atoms with Gasteiger partial charge in [-0.15, -0.1) is 11.8 Å². The third-order valence-corrected chi connectivity index (χ3v) is 3.39. The molecule has 1 aliphatic rings. The van der Waals surface area contributed by atoms with Gasteiger partial charge < -0.3 is 4.52 Å². The molecule has 0 atom stereocenters. The molecule has 2 rings (SSSR count). The molecule has 84 valence electrons. The first-order chi connectivity index (χ1) is 7.74. The monoisotopic (exact) mass is 237 g/mol. The van der Waals surface area contributed by atoms with E-state index in [0.29, 0.717) is 4.91 Å². The number of carbonyl (C=O) groups excluding carboxylic acids is 2. The van der Waals surface area contributed by atoms with E-state index < -0.39 is 0 Å². The van der Waals surface area contributed by atoms with Gasteiger partial charge in [-0.3, -0.25) is 9.59 Å². The van der Waals surface area contributed by atoms with Crippen LogP contribution in [0.5, 0.6) is 0 Å². The fraction of sp³-hybridized carbons (Fsp3) is 0.364. The molecule has 1 aliphatic carbocycles. The van der Waals surface area contributed by atoms with Crippen molar-refractivity contribution in [2.75, 3.05) is 5.75 Å². The zero-order chi connectivity index (χ0) is 11.5. The molecule has 0 spiro atoms. The molecule has 0 aromatic carbocycles. The summed E-state index contributed by atoms with van der Waals surface area (Å²) >= 11 is 1.42. The van der Waals surface area contributed by atoms with Crippen LogP contribution in [-0.2, 0) is 0 Å². The van der Waals surface area contributed by atoms with Crippen molar-refractivity contribution in [1.29, 1.82) is 0 Å². The van der Waals surface area contributed by atoms with Crippen LogP contribution in [0.4, 0.5) is 0 Å². The second-order valence-electron chi connectivity index (χ2n) is 3.47. The Morgan fingerprint density at radius 2 is 2.25 bits per heavy atom. The van der Waals surface area contributed by atoms with E-state index in [-0.39, 0.29) is 22.9 Å². The second kappa shape index (κ2) is 4.65. The number of hydrogen-bond acceptors (Lipinski definition) is 5. The number of nitrogens with zero attached hydrogens (tertiary/aromatic N) is 1. The number of fused-ring (bicyclic) bond motifs is 1. The molecule has 1 aromatic heterocycles. The van der Waals surface area contributed by atoms with Crippen LogP contribution in [0.3, 0.4) is 0 Å². The molecule has 0 radical (unpaired) electrons. The summed E-state index contributed by atoms with van der Waals surface area (Å²) in [5.74, 6) is 0.481. The SMILES string of the molecule is CCCCSC1=CC(=O)c2oncc2C1=O. The molecule has 0 bridgehead atoms. The Bertz CT molecular complexity index is 462. The minimum atomic E-state index is -0.272. The summed E-state index contributed by atoms with van der Waals surface area (Å²) in [7, 11) is 0. The van der Waals surface area contributed by atoms with Crippen molar-refractivity contribution in [1.82, 2.24) is 5.16 Å². The van der Waals surface area contributed by atoms with Gasteiger partial charge in [0.1, 0.15) is 0 Å². The topological polar surface area (TPSA) is 60.2 Å². The van der Waals surface area contributed by atoms with Crippen LogP contribution in [0.15, 0.2) is 21.7 Å². The Hall–Kier alpha value is -1.36. The van der Waals surface area contributed by atoms with Gasteiger partial charge in [-0.1, -0.05) is 18.5 Å². The van der Waals surface area contributed by atoms with Gasteiger partial charge in [0, 0.05) is 6.08 Å². The Balaban J connectivity index is 2.17. The molecular weight excluding hydrogens is 226 g/mol. The van der Waals surface area contributed by atoms with Gasteiger partial charge in [0.25, 0.3) is 0 Å². The zero-order valence-corrected chi connectivity index (χ0v) is 9.67. The molecule has 0 unspecified atom stereocenters. The van der Waals surface area contributed by atoms with E-state index in [1.165, 1.54) is 24.0 Å². The van der Waals surface area contributed by atoms with Crippen LogP contribution < -0.4 is 0 Å². The fourth-order valence-corrected chi connectivity index (χ4v) is 2.48. The predicted octanol–water partition coefficient (Wildman–Crippen LogP) is 2.47. The van der Waals surface area contributed by atoms with Crippen LogP contribution in [0.2, 0.25) is 0 Å². The number of allylic oxidation sites excluding steroid dienone is 2. The largest absolute Gasteiger partial charge is 0.352 e. The molecule has 0 amide bonds. The third kappa shape index (κ3) is 1.95. The standard InChI is InChI=1S/C11H11NO3S/c1-2-3-4-16-9-5-8(13)11-7(10(9)14)6-12-15-11/h5-6H,2-4H2,1H3. The maximum atomic E-state index is 11.9. The van der Waals surface area contributed by atoms with E-state index in [1.54, 1.807) is 0 Å². The highest BCUT2D eigenvalue weighted by molar-refractivity contribution is 8.04. The Morgan fingerprint density at radius 1 is 1.44 bits per heavy atom. The summed E-state index contributed by atoms with van der Waals surface area (Å²) in [5, 5.41) is 3.48. The first-order valence-electron chi connectivity index (χ1n) is 5.12. The zero-order valence-electron chi connectivity index (χ0n) is 8.86. The quantitative estimate of drug-likeness (QED) is 0.753. The molecule has 4 nitrogen and oxygen atoms in total. The highest BCUT2D eigenvalue weighted by Crippen LogP contribution is 2.28. The van der Waals surface area contributed by atoms with Crippen LogP contribution in [0, 0.1) is 0 Å². The average Bonchev–Trinajstić information content (AvgIpc) is 2.75. The molecule has 1 heterocycles. The van der Waals surface area contributed by atoms with Gasteiger partial charge >= 0.3 is 0 Å². The molecular formula is C11H11NO3S. The van der Waals surface area contributed by atoms with E-state index in [4.69, 9.17) is 4.52 Å². The lowest BCUT2D eigenvalue weighted by Crippen LogP contribution is -2.13. The predicted molar refractivity (Wildman–Crippen MR) is 60.6 cm³/mol. The van der Waals surface area contributed by atoms with Gasteiger partial charge in [-0.25, -0.2) is 0 Å². The smallest absolute Gasteiger partial charge is 0.225 e. The van der Waals surface area contributed by atoms with Crippen molar-refractivity contribution >= 4 is 23.3 Å². The van der Waals surface area contributed by atoms with E-state index in [0.717, 1.165) is 18.6 Å². The number of hydrogen-bond donors (Lipinski definition) is 0. The average molecular weight is 237 g/mol. The molecule has 1 aromatic rings. The highest BCUT2D eigenvalue weighted by Gasteiger charge is 2.29. The Labute approximate surface area is 97.1 Å². The minimum absolute atomic E-state index is 0.0600. The van der Waals surface area contributed by atoms with Crippen LogP contribution in [0.1, 0.15) is 40.7 Å². The van der Waals surface area contributed by atoms with Crippen molar-refractivity contribution in [2.45, 2.75) is 19.8 Å². The second-order valence-corrected chi connectivity index (χ2v) is 4.61. The van der Waals surface area contributed by atoms with Crippen molar-refractivity contribution in [3.05, 3.63) is 28.5 Å². The maximum absolute atomic E-state index is 11.9. The van der Waals surface area contributed by atoms with Crippen molar-refractivity contribution in [2.24, 2.45) is 0 Å². The fourth-order valence-electron chi connectivity index (χ4n) is 1.40. The van der Waals surface area contributed by atoms with Gasteiger partial charge in [-0.05, 0) is 12.2 Å². The number of carbonyl (C=O) groups is 2. The molecule has 5 heteroatoms. The summed E-state index contributed by atoms with van der Waals surface area (Å²) in [6, 6.07) is 0. The normalized spacial score (nSPS) is 14.9. The number of rotatable bonds is 4. The van der Waals surface area contributed by atoms with Crippen LogP contribution in [-0.4, -0.2) is 22.5 Å². The van der Waals surface area contributed by atoms with Gasteiger partial charge in [0.2, 0.25) is 17.3 Å².